The van der Waals surface area contributed by atoms with Crippen molar-refractivity contribution >= 4 is 50.9 Å². The van der Waals surface area contributed by atoms with E-state index in [1.807, 2.05) is 86.6 Å². The van der Waals surface area contributed by atoms with Crippen LogP contribution in [0.15, 0.2) is 78.0 Å². The fraction of sp³-hybridized carbons (Fsp3) is 0.160. The summed E-state index contributed by atoms with van der Waals surface area (Å²) in [6.45, 7) is 4.04. The van der Waals surface area contributed by atoms with Crippen LogP contribution in [0.5, 0.6) is 0 Å². The zero-order chi connectivity index (χ0) is 21.4. The lowest BCUT2D eigenvalue weighted by Crippen LogP contribution is -2.25. The molecule has 0 aliphatic rings. The number of benzene rings is 3. The summed E-state index contributed by atoms with van der Waals surface area (Å²) in [4.78, 5) is 22.9. The molecule has 1 atom stereocenters. The first-order valence-electron chi connectivity index (χ1n) is 10.3. The molecule has 0 saturated heterocycles. The Morgan fingerprint density at radius 1 is 1.00 bits per heavy atom. The first-order valence-corrected chi connectivity index (χ1v) is 11.2. The van der Waals surface area contributed by atoms with Gasteiger partial charge in [0.25, 0.3) is 0 Å². The van der Waals surface area contributed by atoms with Crippen LogP contribution in [0.2, 0.25) is 0 Å². The van der Waals surface area contributed by atoms with E-state index < -0.39 is 0 Å². The third-order valence-electron chi connectivity index (χ3n) is 5.31. The van der Waals surface area contributed by atoms with Gasteiger partial charge in [0.05, 0.1) is 21.8 Å². The number of thioether (sulfide) groups is 1. The number of hydrogen-bond acceptors (Lipinski definition) is 4. The number of nitrogens with one attached hydrogen (secondary N) is 1. The number of para-hydroxylation sites is 3. The number of hydrogen-bond donors (Lipinski definition) is 1. The van der Waals surface area contributed by atoms with Crippen LogP contribution in [0, 0.1) is 6.92 Å². The first kappa shape index (κ1) is 19.6. The van der Waals surface area contributed by atoms with Crippen LogP contribution in [0.25, 0.3) is 27.6 Å². The summed E-state index contributed by atoms with van der Waals surface area (Å²) < 4.78 is 2.07. The maximum atomic E-state index is 13.1. The lowest BCUT2D eigenvalue weighted by molar-refractivity contribution is -0.115. The zero-order valence-electron chi connectivity index (χ0n) is 17.4. The molecule has 154 valence electrons. The third kappa shape index (κ3) is 3.64. The van der Waals surface area contributed by atoms with Gasteiger partial charge in [-0.2, -0.15) is 0 Å². The summed E-state index contributed by atoms with van der Waals surface area (Å²) >= 11 is 1.48. The molecule has 5 nitrogen and oxygen atoms in total. The number of anilines is 1. The molecule has 5 rings (SSSR count). The standard InChI is InChI=1S/C25H22N4OS/c1-3-22(24(30)26-17-10-8-9-16(2)15-17)31-25-28-19-12-5-4-11-18(19)23-27-20-13-6-7-14-21(20)29(23)25/h4-15,22H,3H2,1-2H3,(H,26,30). The highest BCUT2D eigenvalue weighted by atomic mass is 32.2. The summed E-state index contributed by atoms with van der Waals surface area (Å²) in [5, 5.41) is 4.55. The number of carbonyl (C=O) groups is 1. The molecule has 0 spiro atoms. The molecule has 1 N–H and O–H groups in total. The van der Waals surface area contributed by atoms with Gasteiger partial charge in [-0.05, 0) is 55.3 Å². The van der Waals surface area contributed by atoms with Gasteiger partial charge in [0.2, 0.25) is 5.91 Å². The van der Waals surface area contributed by atoms with Crippen LogP contribution in [0.4, 0.5) is 5.69 Å². The lowest BCUT2D eigenvalue weighted by atomic mass is 10.2. The van der Waals surface area contributed by atoms with E-state index in [-0.39, 0.29) is 11.2 Å². The lowest BCUT2D eigenvalue weighted by Gasteiger charge is -2.16. The van der Waals surface area contributed by atoms with Crippen LogP contribution in [-0.2, 0) is 4.79 Å². The highest BCUT2D eigenvalue weighted by Crippen LogP contribution is 2.32. The predicted molar refractivity (Wildman–Crippen MR) is 128 cm³/mol. The van der Waals surface area contributed by atoms with E-state index in [0.29, 0.717) is 6.42 Å². The third-order valence-corrected chi connectivity index (χ3v) is 6.63. The number of rotatable bonds is 5. The van der Waals surface area contributed by atoms with Crippen LogP contribution >= 0.6 is 11.8 Å². The van der Waals surface area contributed by atoms with Gasteiger partial charge < -0.3 is 5.32 Å². The Morgan fingerprint density at radius 3 is 2.58 bits per heavy atom. The van der Waals surface area contributed by atoms with Crippen molar-refractivity contribution in [3.8, 4) is 0 Å². The molecule has 0 aliphatic heterocycles. The topological polar surface area (TPSA) is 59.3 Å². The van der Waals surface area contributed by atoms with Crippen molar-refractivity contribution in [1.82, 2.24) is 14.4 Å². The van der Waals surface area contributed by atoms with Crippen LogP contribution < -0.4 is 5.32 Å². The molecule has 0 fully saturated rings. The SMILES string of the molecule is CCC(Sc1nc2ccccc2c2nc3ccccc3n12)C(=O)Nc1cccc(C)c1. The van der Waals surface area contributed by atoms with Crippen molar-refractivity contribution in [2.24, 2.45) is 0 Å². The van der Waals surface area contributed by atoms with Crippen molar-refractivity contribution < 1.29 is 4.79 Å². The molecule has 1 unspecified atom stereocenters. The van der Waals surface area contributed by atoms with E-state index >= 15 is 0 Å². The fourth-order valence-electron chi connectivity index (χ4n) is 3.79. The van der Waals surface area contributed by atoms with Gasteiger partial charge in [0.15, 0.2) is 5.16 Å². The summed E-state index contributed by atoms with van der Waals surface area (Å²) in [5.74, 6) is -0.0226. The van der Waals surface area contributed by atoms with E-state index in [1.165, 1.54) is 11.8 Å². The van der Waals surface area contributed by atoms with Gasteiger partial charge in [-0.1, -0.05) is 55.1 Å². The number of aromatic nitrogens is 3. The van der Waals surface area contributed by atoms with E-state index in [2.05, 4.69) is 9.72 Å². The Labute approximate surface area is 184 Å². The van der Waals surface area contributed by atoms with Crippen molar-refractivity contribution in [3.05, 3.63) is 78.4 Å². The zero-order valence-corrected chi connectivity index (χ0v) is 18.2. The highest BCUT2D eigenvalue weighted by molar-refractivity contribution is 8.00. The summed E-state index contributed by atoms with van der Waals surface area (Å²) in [7, 11) is 0. The van der Waals surface area contributed by atoms with Crippen LogP contribution in [0.3, 0.4) is 0 Å². The second-order valence-corrected chi connectivity index (χ2v) is 8.71. The van der Waals surface area contributed by atoms with Crippen molar-refractivity contribution in [2.75, 3.05) is 5.32 Å². The number of carbonyl (C=O) groups excluding carboxylic acids is 1. The minimum Gasteiger partial charge on any atom is -0.325 e. The molecule has 0 bridgehead atoms. The van der Waals surface area contributed by atoms with Crippen molar-refractivity contribution in [2.45, 2.75) is 30.7 Å². The van der Waals surface area contributed by atoms with Crippen molar-refractivity contribution in [1.29, 1.82) is 0 Å². The summed E-state index contributed by atoms with van der Waals surface area (Å²) in [6, 6.07) is 23.9. The predicted octanol–water partition coefficient (Wildman–Crippen LogP) is 5.85. The summed E-state index contributed by atoms with van der Waals surface area (Å²) in [6.07, 6.45) is 0.685. The average Bonchev–Trinajstić information content (AvgIpc) is 3.17. The Balaban J connectivity index is 1.58. The molecule has 1 amide bonds. The van der Waals surface area contributed by atoms with E-state index in [0.717, 1.165) is 44.0 Å². The molecule has 0 radical (unpaired) electrons. The van der Waals surface area contributed by atoms with E-state index in [9.17, 15) is 4.79 Å². The minimum atomic E-state index is -0.279. The van der Waals surface area contributed by atoms with Crippen LogP contribution in [-0.4, -0.2) is 25.5 Å². The number of aryl methyl sites for hydroxylation is 1. The molecule has 3 aromatic carbocycles. The van der Waals surface area contributed by atoms with Gasteiger partial charge >= 0.3 is 0 Å². The second kappa shape index (κ2) is 8.04. The molecular weight excluding hydrogens is 404 g/mol. The number of nitrogens with zero attached hydrogens (tertiary/aromatic N) is 3. The smallest absolute Gasteiger partial charge is 0.237 e. The van der Waals surface area contributed by atoms with Gasteiger partial charge in [-0.15, -0.1) is 0 Å². The van der Waals surface area contributed by atoms with Gasteiger partial charge in [0, 0.05) is 11.1 Å². The van der Waals surface area contributed by atoms with E-state index in [4.69, 9.17) is 9.97 Å². The maximum absolute atomic E-state index is 13.1. The quantitative estimate of drug-likeness (QED) is 0.283. The molecule has 31 heavy (non-hydrogen) atoms. The average molecular weight is 427 g/mol. The molecule has 6 heteroatoms. The monoisotopic (exact) mass is 426 g/mol. The summed E-state index contributed by atoms with van der Waals surface area (Å²) in [5.41, 5.74) is 5.58. The molecular formula is C25H22N4OS. The Bertz CT molecular complexity index is 1430. The number of amides is 1. The number of fused-ring (bicyclic) bond motifs is 5. The molecule has 0 saturated carbocycles. The van der Waals surface area contributed by atoms with E-state index in [1.54, 1.807) is 0 Å². The van der Waals surface area contributed by atoms with Crippen LogP contribution in [0.1, 0.15) is 18.9 Å². The van der Waals surface area contributed by atoms with Gasteiger partial charge in [-0.3, -0.25) is 9.20 Å². The minimum absolute atomic E-state index is 0.0226. The maximum Gasteiger partial charge on any atom is 0.237 e. The Hall–Kier alpha value is -3.38. The Kier molecular flexibility index (Phi) is 5.08. The highest BCUT2D eigenvalue weighted by Gasteiger charge is 2.22. The fourth-order valence-corrected chi connectivity index (χ4v) is 4.82. The molecule has 2 aromatic heterocycles. The van der Waals surface area contributed by atoms with Gasteiger partial charge in [0.1, 0.15) is 5.65 Å². The Morgan fingerprint density at radius 2 is 1.77 bits per heavy atom. The first-order chi connectivity index (χ1) is 15.1. The normalized spacial score (nSPS) is 12.5. The molecule has 2 heterocycles. The van der Waals surface area contributed by atoms with Gasteiger partial charge in [-0.25, -0.2) is 9.97 Å². The second-order valence-electron chi connectivity index (χ2n) is 7.54. The largest absolute Gasteiger partial charge is 0.325 e. The number of imidazole rings is 1. The molecule has 0 aliphatic carbocycles. The molecule has 5 aromatic rings. The van der Waals surface area contributed by atoms with Crippen molar-refractivity contribution in [3.63, 3.8) is 0 Å².